The first-order chi connectivity index (χ1) is 11.2. The van der Waals surface area contributed by atoms with E-state index in [-0.39, 0.29) is 17.6 Å². The first-order valence-corrected chi connectivity index (χ1v) is 7.83. The number of hydrogen-bond donors (Lipinski definition) is 1. The molecule has 0 heterocycles. The zero-order valence-electron chi connectivity index (χ0n) is 14.6. The number of rotatable bonds is 5. The van der Waals surface area contributed by atoms with Crippen LogP contribution < -0.4 is 10.5 Å². The van der Waals surface area contributed by atoms with Crippen molar-refractivity contribution in [1.29, 1.82) is 0 Å². The van der Waals surface area contributed by atoms with Gasteiger partial charge < -0.3 is 10.5 Å². The van der Waals surface area contributed by atoms with Gasteiger partial charge in [0.15, 0.2) is 5.78 Å². The molecule has 0 bridgehead atoms. The molecule has 0 spiro atoms. The highest BCUT2D eigenvalue weighted by atomic mass is 16.5. The number of ether oxygens (including phenoxy) is 1. The van der Waals surface area contributed by atoms with Crippen LogP contribution in [0.5, 0.6) is 5.75 Å². The van der Waals surface area contributed by atoms with Crippen LogP contribution in [0.15, 0.2) is 42.5 Å². The zero-order valence-corrected chi connectivity index (χ0v) is 14.6. The third-order valence-electron chi connectivity index (χ3n) is 3.97. The van der Waals surface area contributed by atoms with E-state index < -0.39 is 5.91 Å². The van der Waals surface area contributed by atoms with Gasteiger partial charge in [-0.2, -0.15) is 0 Å². The summed E-state index contributed by atoms with van der Waals surface area (Å²) in [7, 11) is 1.49. The standard InChI is InChI=1S/C20H23NO3/c1-20(2,3)15-8-5-13(6-9-15)11-17(22)16-12-14(19(21)23)7-10-18(16)24-4/h5-10,12H,11H2,1-4H3,(H2,21,23). The molecule has 0 aromatic heterocycles. The zero-order chi connectivity index (χ0) is 17.9. The van der Waals surface area contributed by atoms with Crippen LogP contribution in [-0.2, 0) is 11.8 Å². The van der Waals surface area contributed by atoms with Gasteiger partial charge in [-0.25, -0.2) is 0 Å². The van der Waals surface area contributed by atoms with Crippen LogP contribution in [0.4, 0.5) is 0 Å². The van der Waals surface area contributed by atoms with Gasteiger partial charge in [-0.15, -0.1) is 0 Å². The molecule has 2 aromatic rings. The third-order valence-corrected chi connectivity index (χ3v) is 3.97. The summed E-state index contributed by atoms with van der Waals surface area (Å²) in [6, 6.07) is 12.6. The van der Waals surface area contributed by atoms with Crippen molar-refractivity contribution in [2.24, 2.45) is 5.73 Å². The second-order valence-electron chi connectivity index (χ2n) is 6.83. The molecule has 0 fully saturated rings. The normalized spacial score (nSPS) is 11.2. The van der Waals surface area contributed by atoms with E-state index in [4.69, 9.17) is 10.5 Å². The maximum atomic E-state index is 12.6. The Morgan fingerprint density at radius 3 is 2.17 bits per heavy atom. The van der Waals surface area contributed by atoms with Gasteiger partial charge in [-0.05, 0) is 34.7 Å². The van der Waals surface area contributed by atoms with Crippen molar-refractivity contribution < 1.29 is 14.3 Å². The molecule has 0 unspecified atom stereocenters. The van der Waals surface area contributed by atoms with Crippen LogP contribution in [0.25, 0.3) is 0 Å². The Bertz CT molecular complexity index is 755. The molecule has 4 heteroatoms. The third kappa shape index (κ3) is 4.02. The lowest BCUT2D eigenvalue weighted by Crippen LogP contribution is -2.14. The number of primary amides is 1. The number of benzene rings is 2. The van der Waals surface area contributed by atoms with Crippen LogP contribution >= 0.6 is 0 Å². The first-order valence-electron chi connectivity index (χ1n) is 7.83. The van der Waals surface area contributed by atoms with Gasteiger partial charge in [-0.3, -0.25) is 9.59 Å². The van der Waals surface area contributed by atoms with Gasteiger partial charge >= 0.3 is 0 Å². The Hall–Kier alpha value is -2.62. The molecule has 24 heavy (non-hydrogen) atoms. The summed E-state index contributed by atoms with van der Waals surface area (Å²) in [5.74, 6) is -0.240. The molecule has 0 aliphatic rings. The number of amides is 1. The molecule has 2 N–H and O–H groups in total. The summed E-state index contributed by atoms with van der Waals surface area (Å²) in [6.45, 7) is 6.44. The van der Waals surface area contributed by atoms with E-state index >= 15 is 0 Å². The molecule has 4 nitrogen and oxygen atoms in total. The predicted molar refractivity (Wildman–Crippen MR) is 94.7 cm³/mol. The van der Waals surface area contributed by atoms with Crippen molar-refractivity contribution in [3.63, 3.8) is 0 Å². The summed E-state index contributed by atoms with van der Waals surface area (Å²) in [5.41, 5.74) is 8.16. The number of carbonyl (C=O) groups excluding carboxylic acids is 2. The van der Waals surface area contributed by atoms with Crippen LogP contribution in [0, 0.1) is 0 Å². The van der Waals surface area contributed by atoms with E-state index in [1.807, 2.05) is 24.3 Å². The lowest BCUT2D eigenvalue weighted by atomic mass is 9.86. The van der Waals surface area contributed by atoms with Crippen LogP contribution in [0.3, 0.4) is 0 Å². The summed E-state index contributed by atoms with van der Waals surface area (Å²) < 4.78 is 5.23. The molecule has 1 amide bonds. The molecular weight excluding hydrogens is 302 g/mol. The molecule has 0 saturated heterocycles. The molecule has 0 aliphatic heterocycles. The van der Waals surface area contributed by atoms with Crippen molar-refractivity contribution in [3.8, 4) is 5.75 Å². The average molecular weight is 325 g/mol. The van der Waals surface area contributed by atoms with Crippen LogP contribution in [0.1, 0.15) is 52.6 Å². The highest BCUT2D eigenvalue weighted by Crippen LogP contribution is 2.24. The summed E-state index contributed by atoms with van der Waals surface area (Å²) in [6.07, 6.45) is 0.239. The predicted octanol–water partition coefficient (Wildman–Crippen LogP) is 3.52. The fourth-order valence-electron chi connectivity index (χ4n) is 2.48. The highest BCUT2D eigenvalue weighted by molar-refractivity contribution is 6.03. The van der Waals surface area contributed by atoms with Crippen molar-refractivity contribution in [3.05, 3.63) is 64.7 Å². The highest BCUT2D eigenvalue weighted by Gasteiger charge is 2.17. The quantitative estimate of drug-likeness (QED) is 0.855. The molecule has 0 atom stereocenters. The Morgan fingerprint density at radius 1 is 1.04 bits per heavy atom. The number of methoxy groups -OCH3 is 1. The van der Waals surface area contributed by atoms with Crippen molar-refractivity contribution in [2.45, 2.75) is 32.6 Å². The lowest BCUT2D eigenvalue weighted by Gasteiger charge is -2.19. The minimum Gasteiger partial charge on any atom is -0.496 e. The van der Waals surface area contributed by atoms with Gasteiger partial charge in [0, 0.05) is 12.0 Å². The number of Topliss-reactive ketones (excluding diaryl/α,β-unsaturated/α-hetero) is 1. The second kappa shape index (κ2) is 6.87. The Balaban J connectivity index is 2.26. The molecule has 126 valence electrons. The summed E-state index contributed by atoms with van der Waals surface area (Å²) in [4.78, 5) is 24.0. The molecule has 2 aromatic carbocycles. The topological polar surface area (TPSA) is 69.4 Å². The maximum Gasteiger partial charge on any atom is 0.248 e. The fraction of sp³-hybridized carbons (Fsp3) is 0.300. The smallest absolute Gasteiger partial charge is 0.248 e. The Labute approximate surface area is 142 Å². The molecule has 0 saturated carbocycles. The van der Waals surface area contributed by atoms with Crippen molar-refractivity contribution in [1.82, 2.24) is 0 Å². The Morgan fingerprint density at radius 2 is 1.67 bits per heavy atom. The largest absolute Gasteiger partial charge is 0.496 e. The average Bonchev–Trinajstić information content (AvgIpc) is 2.53. The number of hydrogen-bond acceptors (Lipinski definition) is 3. The minimum absolute atomic E-state index is 0.0710. The van der Waals surface area contributed by atoms with Gasteiger partial charge in [0.2, 0.25) is 5.91 Å². The maximum absolute atomic E-state index is 12.6. The molecular formula is C20H23NO3. The minimum atomic E-state index is -0.568. The van der Waals surface area contributed by atoms with E-state index in [1.165, 1.54) is 18.7 Å². The van der Waals surface area contributed by atoms with E-state index in [1.54, 1.807) is 12.1 Å². The number of nitrogens with two attached hydrogens (primary N) is 1. The SMILES string of the molecule is COc1ccc(C(N)=O)cc1C(=O)Cc1ccc(C(C)(C)C)cc1. The van der Waals surface area contributed by atoms with Crippen LogP contribution in [-0.4, -0.2) is 18.8 Å². The van der Waals surface area contributed by atoms with Gasteiger partial charge in [0.1, 0.15) is 5.75 Å². The Kier molecular flexibility index (Phi) is 5.07. The van der Waals surface area contributed by atoms with Crippen molar-refractivity contribution >= 4 is 11.7 Å². The van der Waals surface area contributed by atoms with Crippen molar-refractivity contribution in [2.75, 3.05) is 7.11 Å². The molecule has 2 rings (SSSR count). The molecule has 0 radical (unpaired) electrons. The van der Waals surface area contributed by atoms with Gasteiger partial charge in [0.25, 0.3) is 0 Å². The molecule has 0 aliphatic carbocycles. The fourth-order valence-corrected chi connectivity index (χ4v) is 2.48. The second-order valence-corrected chi connectivity index (χ2v) is 6.83. The van der Waals surface area contributed by atoms with Gasteiger partial charge in [0.05, 0.1) is 12.7 Å². The van der Waals surface area contributed by atoms with E-state index in [0.29, 0.717) is 16.9 Å². The lowest BCUT2D eigenvalue weighted by molar-refractivity contribution is 0.0990. The van der Waals surface area contributed by atoms with E-state index in [9.17, 15) is 9.59 Å². The monoisotopic (exact) mass is 325 g/mol. The van der Waals surface area contributed by atoms with Crippen LogP contribution in [0.2, 0.25) is 0 Å². The number of ketones is 1. The summed E-state index contributed by atoms with van der Waals surface area (Å²) in [5, 5.41) is 0. The van der Waals surface area contributed by atoms with Gasteiger partial charge in [-0.1, -0.05) is 45.0 Å². The summed E-state index contributed by atoms with van der Waals surface area (Å²) >= 11 is 0. The van der Waals surface area contributed by atoms with E-state index in [0.717, 1.165) is 5.56 Å². The van der Waals surface area contributed by atoms with E-state index in [2.05, 4.69) is 20.8 Å². The number of carbonyl (C=O) groups is 2. The first kappa shape index (κ1) is 17.7.